The van der Waals surface area contributed by atoms with Gasteiger partial charge in [0, 0.05) is 13.0 Å². The number of aliphatic hydroxyl groups is 1. The lowest BCUT2D eigenvalue weighted by molar-refractivity contribution is -0.118. The molecule has 0 fully saturated rings. The van der Waals surface area contributed by atoms with Crippen molar-refractivity contribution in [3.05, 3.63) is 29.3 Å². The van der Waals surface area contributed by atoms with Crippen LogP contribution in [-0.4, -0.2) is 24.2 Å². The fraction of sp³-hybridized carbons (Fsp3) is 0.533. The van der Waals surface area contributed by atoms with Gasteiger partial charge in [0.05, 0.1) is 6.61 Å². The molecule has 0 aliphatic heterocycles. The van der Waals surface area contributed by atoms with E-state index >= 15 is 0 Å². The number of carbonyl (C=O) groups excluding carboxylic acids is 1. The Hall–Kier alpha value is -1.55. The third kappa shape index (κ3) is 5.75. The molecule has 0 spiro atoms. The molecule has 1 amide bonds. The fourth-order valence-electron chi connectivity index (χ4n) is 1.87. The second-order valence-corrected chi connectivity index (χ2v) is 4.98. The minimum Gasteiger partial charge on any atom is -0.493 e. The number of aliphatic hydroxyl groups excluding tert-OH is 1. The molecule has 0 aromatic heterocycles. The summed E-state index contributed by atoms with van der Waals surface area (Å²) in [5.41, 5.74) is 7.37. The Bertz CT molecular complexity index is 418. The molecule has 3 N–H and O–H groups in total. The monoisotopic (exact) mass is 265 g/mol. The van der Waals surface area contributed by atoms with Crippen molar-refractivity contribution >= 4 is 5.91 Å². The Balaban J connectivity index is 2.45. The first-order valence-electron chi connectivity index (χ1n) is 6.64. The van der Waals surface area contributed by atoms with Gasteiger partial charge < -0.3 is 15.6 Å². The lowest BCUT2D eigenvalue weighted by Crippen LogP contribution is -2.15. The van der Waals surface area contributed by atoms with Gasteiger partial charge in [-0.2, -0.15) is 0 Å². The SMILES string of the molecule is Cc1cc(OC[C@H](C)CCC(N)=O)ccc1CCO. The molecule has 0 heterocycles. The number of primary amides is 1. The molecule has 0 aliphatic rings. The molecule has 106 valence electrons. The van der Waals surface area contributed by atoms with Crippen LogP contribution in [0.3, 0.4) is 0 Å². The first-order valence-corrected chi connectivity index (χ1v) is 6.64. The highest BCUT2D eigenvalue weighted by molar-refractivity contribution is 5.73. The zero-order valence-corrected chi connectivity index (χ0v) is 11.7. The average Bonchev–Trinajstić information content (AvgIpc) is 2.37. The summed E-state index contributed by atoms with van der Waals surface area (Å²) >= 11 is 0. The van der Waals surface area contributed by atoms with Gasteiger partial charge in [-0.3, -0.25) is 4.79 Å². The highest BCUT2D eigenvalue weighted by Gasteiger charge is 2.06. The van der Waals surface area contributed by atoms with E-state index in [1.807, 2.05) is 32.0 Å². The van der Waals surface area contributed by atoms with Crippen molar-refractivity contribution in [1.82, 2.24) is 0 Å². The molecule has 0 bridgehead atoms. The summed E-state index contributed by atoms with van der Waals surface area (Å²) in [6.07, 6.45) is 1.82. The molecule has 0 unspecified atom stereocenters. The highest BCUT2D eigenvalue weighted by Crippen LogP contribution is 2.19. The summed E-state index contributed by atoms with van der Waals surface area (Å²) in [5, 5.41) is 8.92. The first kappa shape index (κ1) is 15.5. The summed E-state index contributed by atoms with van der Waals surface area (Å²) < 4.78 is 5.70. The minimum absolute atomic E-state index is 0.158. The van der Waals surface area contributed by atoms with Crippen LogP contribution in [0.1, 0.15) is 30.9 Å². The van der Waals surface area contributed by atoms with Crippen molar-refractivity contribution in [2.45, 2.75) is 33.1 Å². The van der Waals surface area contributed by atoms with Gasteiger partial charge in [-0.1, -0.05) is 13.0 Å². The maximum atomic E-state index is 10.7. The largest absolute Gasteiger partial charge is 0.493 e. The van der Waals surface area contributed by atoms with Crippen molar-refractivity contribution in [3.8, 4) is 5.75 Å². The number of hydrogen-bond acceptors (Lipinski definition) is 3. The summed E-state index contributed by atoms with van der Waals surface area (Å²) in [4.78, 5) is 10.7. The van der Waals surface area contributed by atoms with Gasteiger partial charge in [-0.15, -0.1) is 0 Å². The standard InChI is InChI=1S/C15H23NO3/c1-11(3-6-15(16)18)10-19-14-5-4-13(7-8-17)12(2)9-14/h4-5,9,11,17H,3,6-8,10H2,1-2H3,(H2,16,18)/t11-/m1/s1. The van der Waals surface area contributed by atoms with E-state index in [2.05, 4.69) is 0 Å². The summed E-state index contributed by atoms with van der Waals surface area (Å²) in [6.45, 7) is 4.78. The van der Waals surface area contributed by atoms with Gasteiger partial charge in [-0.05, 0) is 48.9 Å². The summed E-state index contributed by atoms with van der Waals surface area (Å²) in [5.74, 6) is 0.853. The molecule has 1 aromatic carbocycles. The van der Waals surface area contributed by atoms with Gasteiger partial charge in [0.1, 0.15) is 5.75 Å². The number of carbonyl (C=O) groups is 1. The fourth-order valence-corrected chi connectivity index (χ4v) is 1.87. The Morgan fingerprint density at radius 3 is 2.79 bits per heavy atom. The van der Waals surface area contributed by atoms with Crippen molar-refractivity contribution in [2.75, 3.05) is 13.2 Å². The average molecular weight is 265 g/mol. The Morgan fingerprint density at radius 1 is 1.47 bits per heavy atom. The molecule has 0 aliphatic carbocycles. The Kier molecular flexibility index (Phi) is 6.36. The number of benzene rings is 1. The Labute approximate surface area is 114 Å². The summed E-state index contributed by atoms with van der Waals surface area (Å²) in [7, 11) is 0. The topological polar surface area (TPSA) is 72.5 Å². The van der Waals surface area contributed by atoms with Gasteiger partial charge in [0.25, 0.3) is 0 Å². The molecular weight excluding hydrogens is 242 g/mol. The van der Waals surface area contributed by atoms with Crippen LogP contribution in [0.25, 0.3) is 0 Å². The Morgan fingerprint density at radius 2 is 2.21 bits per heavy atom. The van der Waals surface area contributed by atoms with Crippen LogP contribution in [0.5, 0.6) is 5.75 Å². The number of aryl methyl sites for hydroxylation is 1. The zero-order chi connectivity index (χ0) is 14.3. The van der Waals surface area contributed by atoms with E-state index in [1.54, 1.807) is 0 Å². The van der Waals surface area contributed by atoms with E-state index in [0.717, 1.165) is 23.3 Å². The van der Waals surface area contributed by atoms with Crippen LogP contribution in [0.2, 0.25) is 0 Å². The van der Waals surface area contributed by atoms with Crippen LogP contribution in [0, 0.1) is 12.8 Å². The van der Waals surface area contributed by atoms with E-state index in [-0.39, 0.29) is 12.5 Å². The number of amides is 1. The molecule has 1 aromatic rings. The van der Waals surface area contributed by atoms with Gasteiger partial charge >= 0.3 is 0 Å². The smallest absolute Gasteiger partial charge is 0.217 e. The second kappa shape index (κ2) is 7.79. The van der Waals surface area contributed by atoms with E-state index in [9.17, 15) is 4.79 Å². The zero-order valence-electron chi connectivity index (χ0n) is 11.7. The molecule has 0 saturated carbocycles. The van der Waals surface area contributed by atoms with Crippen LogP contribution in [0.15, 0.2) is 18.2 Å². The van der Waals surface area contributed by atoms with Crippen molar-refractivity contribution in [3.63, 3.8) is 0 Å². The lowest BCUT2D eigenvalue weighted by atomic mass is 10.1. The quantitative estimate of drug-likeness (QED) is 0.753. The highest BCUT2D eigenvalue weighted by atomic mass is 16.5. The number of hydrogen-bond donors (Lipinski definition) is 2. The number of rotatable bonds is 8. The van der Waals surface area contributed by atoms with E-state index in [0.29, 0.717) is 25.4 Å². The van der Waals surface area contributed by atoms with Crippen LogP contribution >= 0.6 is 0 Å². The van der Waals surface area contributed by atoms with Crippen LogP contribution < -0.4 is 10.5 Å². The van der Waals surface area contributed by atoms with E-state index in [1.165, 1.54) is 0 Å². The van der Waals surface area contributed by atoms with E-state index in [4.69, 9.17) is 15.6 Å². The maximum Gasteiger partial charge on any atom is 0.217 e. The van der Waals surface area contributed by atoms with Gasteiger partial charge in [-0.25, -0.2) is 0 Å². The molecule has 19 heavy (non-hydrogen) atoms. The first-order chi connectivity index (χ1) is 9.02. The third-order valence-electron chi connectivity index (χ3n) is 3.11. The van der Waals surface area contributed by atoms with Crippen molar-refractivity contribution < 1.29 is 14.6 Å². The number of ether oxygens (including phenoxy) is 1. The molecule has 4 nitrogen and oxygen atoms in total. The van der Waals surface area contributed by atoms with E-state index < -0.39 is 0 Å². The van der Waals surface area contributed by atoms with Crippen LogP contribution in [-0.2, 0) is 11.2 Å². The predicted octanol–water partition coefficient (Wildman–Crippen LogP) is 1.81. The van der Waals surface area contributed by atoms with Crippen LogP contribution in [0.4, 0.5) is 0 Å². The minimum atomic E-state index is -0.268. The molecule has 1 rings (SSSR count). The second-order valence-electron chi connectivity index (χ2n) is 4.98. The molecule has 1 atom stereocenters. The molecular formula is C15H23NO3. The van der Waals surface area contributed by atoms with Gasteiger partial charge in [0.15, 0.2) is 0 Å². The number of nitrogens with two attached hydrogens (primary N) is 1. The lowest BCUT2D eigenvalue weighted by Gasteiger charge is -2.13. The normalized spacial score (nSPS) is 12.2. The third-order valence-corrected chi connectivity index (χ3v) is 3.11. The molecule has 0 radical (unpaired) electrons. The van der Waals surface area contributed by atoms with Crippen molar-refractivity contribution in [1.29, 1.82) is 0 Å². The predicted molar refractivity (Wildman–Crippen MR) is 75.1 cm³/mol. The molecule has 4 heteroatoms. The summed E-state index contributed by atoms with van der Waals surface area (Å²) in [6, 6.07) is 5.87. The maximum absolute atomic E-state index is 10.7. The molecule has 0 saturated heterocycles. The van der Waals surface area contributed by atoms with Crippen molar-refractivity contribution in [2.24, 2.45) is 11.7 Å². The van der Waals surface area contributed by atoms with Gasteiger partial charge in [0.2, 0.25) is 5.91 Å².